The summed E-state index contributed by atoms with van der Waals surface area (Å²) in [5.41, 5.74) is 3.69. The number of carbonyl (C=O) groups is 1. The van der Waals surface area contributed by atoms with Gasteiger partial charge in [-0.25, -0.2) is 5.43 Å². The fraction of sp³-hybridized carbons (Fsp3) is 0.0833. The van der Waals surface area contributed by atoms with Crippen LogP contribution in [0, 0.1) is 6.92 Å². The number of nitrogens with one attached hydrogen (secondary N) is 2. The number of benzene rings is 1. The number of halogens is 2. The van der Waals surface area contributed by atoms with Crippen LogP contribution in [-0.4, -0.2) is 27.4 Å². The fourth-order valence-corrected chi connectivity index (χ4v) is 2.27. The van der Waals surface area contributed by atoms with Gasteiger partial charge in [-0.3, -0.25) is 9.89 Å². The van der Waals surface area contributed by atoms with Gasteiger partial charge in [0.25, 0.3) is 5.91 Å². The second-order valence-corrected chi connectivity index (χ2v) is 5.25. The van der Waals surface area contributed by atoms with E-state index in [9.17, 15) is 9.90 Å². The Labute approximate surface area is 128 Å². The van der Waals surface area contributed by atoms with Crippen molar-refractivity contribution in [2.75, 3.05) is 0 Å². The Balaban J connectivity index is 2.09. The first-order valence-corrected chi connectivity index (χ1v) is 6.68. The van der Waals surface area contributed by atoms with E-state index in [1.807, 2.05) is 0 Å². The van der Waals surface area contributed by atoms with Crippen molar-refractivity contribution in [3.8, 4) is 5.75 Å². The summed E-state index contributed by atoms with van der Waals surface area (Å²) < 4.78 is 0.445. The number of hydrazone groups is 1. The molecule has 0 aliphatic carbocycles. The molecule has 0 spiro atoms. The van der Waals surface area contributed by atoms with Crippen LogP contribution >= 0.6 is 27.5 Å². The van der Waals surface area contributed by atoms with Gasteiger partial charge in [-0.1, -0.05) is 11.6 Å². The summed E-state index contributed by atoms with van der Waals surface area (Å²) in [7, 11) is 0. The van der Waals surface area contributed by atoms with E-state index in [0.717, 1.165) is 5.69 Å². The summed E-state index contributed by atoms with van der Waals surface area (Å²) in [6, 6.07) is 4.67. The minimum Gasteiger partial charge on any atom is -0.506 e. The average Bonchev–Trinajstić information content (AvgIpc) is 2.81. The van der Waals surface area contributed by atoms with Crippen LogP contribution in [0.3, 0.4) is 0 Å². The molecule has 0 saturated carbocycles. The number of aryl methyl sites for hydroxylation is 1. The van der Waals surface area contributed by atoms with Gasteiger partial charge >= 0.3 is 0 Å². The summed E-state index contributed by atoms with van der Waals surface area (Å²) in [4.78, 5) is 11.7. The molecule has 1 aromatic heterocycles. The van der Waals surface area contributed by atoms with E-state index in [1.54, 1.807) is 19.1 Å². The van der Waals surface area contributed by atoms with Crippen molar-refractivity contribution in [3.05, 3.63) is 44.6 Å². The molecule has 8 heteroatoms. The molecule has 2 aromatic rings. The Morgan fingerprint density at radius 2 is 2.30 bits per heavy atom. The summed E-state index contributed by atoms with van der Waals surface area (Å²) in [5, 5.41) is 20.4. The number of carbonyl (C=O) groups excluding carboxylic acids is 1. The lowest BCUT2D eigenvalue weighted by Gasteiger charge is -2.02. The van der Waals surface area contributed by atoms with Crippen molar-refractivity contribution >= 4 is 39.7 Å². The number of aromatic amines is 1. The molecule has 0 aliphatic rings. The molecule has 6 nitrogen and oxygen atoms in total. The SMILES string of the molecule is Cc1cc(C(=O)N/N=C/c2cc(Cl)cc(Br)c2O)n[nH]1. The maximum Gasteiger partial charge on any atom is 0.291 e. The van der Waals surface area contributed by atoms with Gasteiger partial charge in [-0.2, -0.15) is 10.2 Å². The molecule has 0 aliphatic heterocycles. The van der Waals surface area contributed by atoms with Crippen LogP contribution in [0.2, 0.25) is 5.02 Å². The molecule has 1 heterocycles. The zero-order chi connectivity index (χ0) is 14.7. The van der Waals surface area contributed by atoms with E-state index < -0.39 is 5.91 Å². The third-order valence-corrected chi connectivity index (χ3v) is 3.19. The molecule has 1 amide bonds. The molecule has 0 bridgehead atoms. The van der Waals surface area contributed by atoms with Crippen molar-refractivity contribution in [1.29, 1.82) is 0 Å². The van der Waals surface area contributed by atoms with Crippen molar-refractivity contribution in [1.82, 2.24) is 15.6 Å². The van der Waals surface area contributed by atoms with Gasteiger partial charge in [0.15, 0.2) is 5.69 Å². The van der Waals surface area contributed by atoms with E-state index in [2.05, 4.69) is 36.7 Å². The Kier molecular flexibility index (Phi) is 4.41. The monoisotopic (exact) mass is 356 g/mol. The van der Waals surface area contributed by atoms with Crippen molar-refractivity contribution < 1.29 is 9.90 Å². The van der Waals surface area contributed by atoms with Crippen LogP contribution in [0.5, 0.6) is 5.75 Å². The molecule has 0 fully saturated rings. The number of phenolic OH excluding ortho intramolecular Hbond substituents is 1. The molecule has 3 N–H and O–H groups in total. The molecular weight excluding hydrogens is 348 g/mol. The third-order valence-electron chi connectivity index (χ3n) is 2.37. The van der Waals surface area contributed by atoms with Gasteiger partial charge in [-0.15, -0.1) is 0 Å². The highest BCUT2D eigenvalue weighted by Gasteiger charge is 2.08. The van der Waals surface area contributed by atoms with Crippen LogP contribution in [-0.2, 0) is 0 Å². The highest BCUT2D eigenvalue weighted by atomic mass is 79.9. The number of hydrogen-bond donors (Lipinski definition) is 3. The van der Waals surface area contributed by atoms with Gasteiger partial charge < -0.3 is 5.11 Å². The number of aromatic nitrogens is 2. The molecule has 0 atom stereocenters. The summed E-state index contributed by atoms with van der Waals surface area (Å²) >= 11 is 9.02. The standard InChI is InChI=1S/C12H10BrClN4O2/c1-6-2-10(17-16-6)12(20)18-15-5-7-3-8(14)4-9(13)11(7)19/h2-5,19H,1H3,(H,16,17)(H,18,20)/b15-5+. The first-order chi connectivity index (χ1) is 9.47. The van der Waals surface area contributed by atoms with Gasteiger partial charge in [0.05, 0.1) is 10.7 Å². The summed E-state index contributed by atoms with van der Waals surface area (Å²) in [6.07, 6.45) is 1.30. The molecule has 1 aromatic carbocycles. The minimum absolute atomic E-state index is 0.0111. The van der Waals surface area contributed by atoms with E-state index >= 15 is 0 Å². The van der Waals surface area contributed by atoms with Crippen LogP contribution in [0.25, 0.3) is 0 Å². The molecule has 104 valence electrons. The van der Waals surface area contributed by atoms with Crippen LogP contribution in [0.15, 0.2) is 27.8 Å². The number of hydrogen-bond acceptors (Lipinski definition) is 4. The number of amides is 1. The van der Waals surface area contributed by atoms with E-state index in [-0.39, 0.29) is 11.4 Å². The number of aromatic hydroxyl groups is 1. The van der Waals surface area contributed by atoms with Gasteiger partial charge in [0, 0.05) is 16.3 Å². The maximum atomic E-state index is 11.7. The zero-order valence-electron chi connectivity index (χ0n) is 10.3. The Morgan fingerprint density at radius 1 is 1.55 bits per heavy atom. The minimum atomic E-state index is -0.453. The smallest absolute Gasteiger partial charge is 0.291 e. The highest BCUT2D eigenvalue weighted by molar-refractivity contribution is 9.10. The van der Waals surface area contributed by atoms with Crippen molar-refractivity contribution in [2.24, 2.45) is 5.10 Å². The summed E-state index contributed by atoms with van der Waals surface area (Å²) in [6.45, 7) is 1.79. The lowest BCUT2D eigenvalue weighted by Crippen LogP contribution is -2.18. The van der Waals surface area contributed by atoms with Crippen molar-refractivity contribution in [3.63, 3.8) is 0 Å². The normalized spacial score (nSPS) is 10.9. The van der Waals surface area contributed by atoms with Crippen LogP contribution < -0.4 is 5.43 Å². The second-order valence-electron chi connectivity index (χ2n) is 3.96. The van der Waals surface area contributed by atoms with Gasteiger partial charge in [-0.05, 0) is 41.1 Å². The Bertz CT molecular complexity index is 684. The number of phenols is 1. The second kappa shape index (κ2) is 6.06. The van der Waals surface area contributed by atoms with E-state index in [4.69, 9.17) is 11.6 Å². The van der Waals surface area contributed by atoms with Crippen LogP contribution in [0.4, 0.5) is 0 Å². The zero-order valence-corrected chi connectivity index (χ0v) is 12.7. The van der Waals surface area contributed by atoms with E-state index in [0.29, 0.717) is 15.1 Å². The Hall–Kier alpha value is -1.86. The molecular formula is C12H10BrClN4O2. The first-order valence-electron chi connectivity index (χ1n) is 5.51. The van der Waals surface area contributed by atoms with Crippen molar-refractivity contribution in [2.45, 2.75) is 6.92 Å². The number of rotatable bonds is 3. The number of H-pyrrole nitrogens is 1. The van der Waals surface area contributed by atoms with Crippen LogP contribution in [0.1, 0.15) is 21.7 Å². The lowest BCUT2D eigenvalue weighted by atomic mass is 10.2. The predicted octanol–water partition coefficient (Wildman–Crippen LogP) is 2.60. The molecule has 2 rings (SSSR count). The maximum absolute atomic E-state index is 11.7. The summed E-state index contributed by atoms with van der Waals surface area (Å²) in [5.74, 6) is -0.464. The van der Waals surface area contributed by atoms with Gasteiger partial charge in [0.1, 0.15) is 5.75 Å². The molecule has 20 heavy (non-hydrogen) atoms. The first kappa shape index (κ1) is 14.5. The fourth-order valence-electron chi connectivity index (χ4n) is 1.44. The Morgan fingerprint density at radius 3 is 2.95 bits per heavy atom. The van der Waals surface area contributed by atoms with E-state index in [1.165, 1.54) is 12.3 Å². The molecule has 0 radical (unpaired) electrons. The molecule has 0 saturated heterocycles. The lowest BCUT2D eigenvalue weighted by molar-refractivity contribution is 0.0950. The number of nitrogens with zero attached hydrogens (tertiary/aromatic N) is 2. The topological polar surface area (TPSA) is 90.4 Å². The van der Waals surface area contributed by atoms with Gasteiger partial charge in [0.2, 0.25) is 0 Å². The molecule has 0 unspecified atom stereocenters. The predicted molar refractivity (Wildman–Crippen MR) is 79.2 cm³/mol. The quantitative estimate of drug-likeness (QED) is 0.582. The largest absolute Gasteiger partial charge is 0.506 e. The third kappa shape index (κ3) is 3.37. The highest BCUT2D eigenvalue weighted by Crippen LogP contribution is 2.30. The average molecular weight is 358 g/mol.